The summed E-state index contributed by atoms with van der Waals surface area (Å²) in [5, 5.41) is 2.83. The van der Waals surface area contributed by atoms with E-state index in [9.17, 15) is 13.2 Å². The summed E-state index contributed by atoms with van der Waals surface area (Å²) in [6.45, 7) is 6.61. The van der Waals surface area contributed by atoms with Crippen LogP contribution >= 0.6 is 0 Å². The van der Waals surface area contributed by atoms with E-state index in [1.54, 1.807) is 13.1 Å². The standard InChI is InChI=1S/C21H29N3O4S/c1-7-28-18-10-8-17(9-11-18)14-24(6)21(25)22-20-13-19(12-15(2)16(20)3)29(26,27)23(4)5/h8-13H,7,14H2,1-6H3,(H,22,25). The van der Waals surface area contributed by atoms with Crippen molar-refractivity contribution in [1.82, 2.24) is 9.21 Å². The van der Waals surface area contributed by atoms with Crippen LogP contribution in [-0.2, 0) is 16.6 Å². The molecule has 2 aromatic rings. The first kappa shape index (κ1) is 22.7. The van der Waals surface area contributed by atoms with E-state index in [1.165, 1.54) is 25.1 Å². The van der Waals surface area contributed by atoms with Crippen LogP contribution in [0.3, 0.4) is 0 Å². The number of anilines is 1. The van der Waals surface area contributed by atoms with Gasteiger partial charge in [-0.2, -0.15) is 0 Å². The molecule has 0 bridgehead atoms. The average Bonchev–Trinajstić information content (AvgIpc) is 2.66. The molecule has 0 aliphatic heterocycles. The highest BCUT2D eigenvalue weighted by Gasteiger charge is 2.20. The van der Waals surface area contributed by atoms with Crippen LogP contribution in [0.25, 0.3) is 0 Å². The molecule has 0 aliphatic rings. The summed E-state index contributed by atoms with van der Waals surface area (Å²) in [6, 6.07) is 10.4. The van der Waals surface area contributed by atoms with Gasteiger partial charge >= 0.3 is 6.03 Å². The highest BCUT2D eigenvalue weighted by Crippen LogP contribution is 2.26. The summed E-state index contributed by atoms with van der Waals surface area (Å²) in [5.41, 5.74) is 3.06. The minimum absolute atomic E-state index is 0.148. The molecule has 8 heteroatoms. The van der Waals surface area contributed by atoms with Crippen LogP contribution in [0, 0.1) is 13.8 Å². The van der Waals surface area contributed by atoms with Crippen molar-refractivity contribution in [2.24, 2.45) is 0 Å². The maximum atomic E-state index is 12.7. The molecule has 0 spiro atoms. The van der Waals surface area contributed by atoms with Gasteiger partial charge in [-0.15, -0.1) is 0 Å². The molecule has 2 amide bonds. The average molecular weight is 420 g/mol. The van der Waals surface area contributed by atoms with Crippen molar-refractivity contribution in [2.75, 3.05) is 33.1 Å². The van der Waals surface area contributed by atoms with Crippen molar-refractivity contribution >= 4 is 21.7 Å². The van der Waals surface area contributed by atoms with Gasteiger partial charge in [-0.3, -0.25) is 0 Å². The fourth-order valence-corrected chi connectivity index (χ4v) is 3.74. The number of benzene rings is 2. The van der Waals surface area contributed by atoms with Gasteiger partial charge in [-0.25, -0.2) is 17.5 Å². The molecule has 0 unspecified atom stereocenters. The lowest BCUT2D eigenvalue weighted by Gasteiger charge is -2.21. The maximum absolute atomic E-state index is 12.7. The number of nitrogens with one attached hydrogen (secondary N) is 1. The Morgan fingerprint density at radius 1 is 1.07 bits per heavy atom. The first-order chi connectivity index (χ1) is 13.6. The number of nitrogens with zero attached hydrogens (tertiary/aromatic N) is 2. The van der Waals surface area contributed by atoms with E-state index in [0.29, 0.717) is 18.8 Å². The van der Waals surface area contributed by atoms with E-state index in [4.69, 9.17) is 4.74 Å². The molecule has 2 aromatic carbocycles. The fraction of sp³-hybridized carbons (Fsp3) is 0.381. The third kappa shape index (κ3) is 5.48. The van der Waals surface area contributed by atoms with Crippen molar-refractivity contribution in [2.45, 2.75) is 32.2 Å². The summed E-state index contributed by atoms with van der Waals surface area (Å²) in [7, 11) is 1.05. The summed E-state index contributed by atoms with van der Waals surface area (Å²) >= 11 is 0. The van der Waals surface area contributed by atoms with Crippen LogP contribution in [0.5, 0.6) is 5.75 Å². The number of hydrogen-bond donors (Lipinski definition) is 1. The molecule has 0 aromatic heterocycles. The maximum Gasteiger partial charge on any atom is 0.321 e. The van der Waals surface area contributed by atoms with E-state index in [0.717, 1.165) is 26.7 Å². The number of hydrogen-bond acceptors (Lipinski definition) is 4. The Balaban J connectivity index is 2.17. The predicted molar refractivity (Wildman–Crippen MR) is 115 cm³/mol. The van der Waals surface area contributed by atoms with Gasteiger partial charge in [0.05, 0.1) is 11.5 Å². The summed E-state index contributed by atoms with van der Waals surface area (Å²) in [6.07, 6.45) is 0. The number of carbonyl (C=O) groups is 1. The van der Waals surface area contributed by atoms with Gasteiger partial charge in [-0.1, -0.05) is 12.1 Å². The monoisotopic (exact) mass is 419 g/mol. The molecule has 1 N–H and O–H groups in total. The lowest BCUT2D eigenvalue weighted by Crippen LogP contribution is -2.31. The third-order valence-corrected chi connectivity index (χ3v) is 6.45. The molecular weight excluding hydrogens is 390 g/mol. The molecule has 158 valence electrons. The lowest BCUT2D eigenvalue weighted by atomic mass is 10.1. The Morgan fingerprint density at radius 3 is 2.24 bits per heavy atom. The predicted octanol–water partition coefficient (Wildman–Crippen LogP) is 3.62. The fourth-order valence-electron chi connectivity index (χ4n) is 2.73. The number of urea groups is 1. The zero-order valence-corrected chi connectivity index (χ0v) is 18.6. The van der Waals surface area contributed by atoms with Gasteiger partial charge in [-0.05, 0) is 61.7 Å². The summed E-state index contributed by atoms with van der Waals surface area (Å²) in [5.74, 6) is 0.786. The second kappa shape index (κ2) is 9.28. The molecule has 0 fully saturated rings. The SMILES string of the molecule is CCOc1ccc(CN(C)C(=O)Nc2cc(S(=O)(=O)N(C)C)cc(C)c2C)cc1. The van der Waals surface area contributed by atoms with Gasteiger partial charge in [0.15, 0.2) is 0 Å². The Bertz CT molecular complexity index is 970. The molecule has 0 radical (unpaired) electrons. The van der Waals surface area contributed by atoms with Crippen molar-refractivity contribution in [1.29, 1.82) is 0 Å². The normalized spacial score (nSPS) is 11.4. The number of ether oxygens (including phenoxy) is 1. The van der Waals surface area contributed by atoms with Crippen molar-refractivity contribution in [3.8, 4) is 5.75 Å². The largest absolute Gasteiger partial charge is 0.494 e. The van der Waals surface area contributed by atoms with E-state index < -0.39 is 10.0 Å². The molecule has 0 saturated heterocycles. The number of rotatable bonds is 7. The molecule has 0 atom stereocenters. The second-order valence-electron chi connectivity index (χ2n) is 7.06. The van der Waals surface area contributed by atoms with Crippen LogP contribution in [0.2, 0.25) is 0 Å². The van der Waals surface area contributed by atoms with Crippen molar-refractivity contribution < 1.29 is 17.9 Å². The van der Waals surface area contributed by atoms with E-state index >= 15 is 0 Å². The zero-order chi connectivity index (χ0) is 21.8. The Labute approximate surface area is 173 Å². The minimum atomic E-state index is -3.60. The number of aryl methyl sites for hydroxylation is 1. The zero-order valence-electron chi connectivity index (χ0n) is 17.8. The van der Waals surface area contributed by atoms with E-state index in [1.807, 2.05) is 45.0 Å². The highest BCUT2D eigenvalue weighted by atomic mass is 32.2. The number of amides is 2. The van der Waals surface area contributed by atoms with Gasteiger partial charge in [0.25, 0.3) is 0 Å². The van der Waals surface area contributed by atoms with Crippen LogP contribution < -0.4 is 10.1 Å². The molecule has 29 heavy (non-hydrogen) atoms. The molecule has 0 aliphatic carbocycles. The van der Waals surface area contributed by atoms with Crippen LogP contribution in [0.1, 0.15) is 23.6 Å². The van der Waals surface area contributed by atoms with Gasteiger partial charge in [0.2, 0.25) is 10.0 Å². The van der Waals surface area contributed by atoms with Gasteiger partial charge < -0.3 is 15.0 Å². The summed E-state index contributed by atoms with van der Waals surface area (Å²) < 4.78 is 31.5. The van der Waals surface area contributed by atoms with Gasteiger partial charge in [0, 0.05) is 33.4 Å². The lowest BCUT2D eigenvalue weighted by molar-refractivity contribution is 0.220. The van der Waals surface area contributed by atoms with Crippen molar-refractivity contribution in [3.05, 3.63) is 53.1 Å². The van der Waals surface area contributed by atoms with E-state index in [2.05, 4.69) is 5.32 Å². The quantitative estimate of drug-likeness (QED) is 0.743. The topological polar surface area (TPSA) is 79.0 Å². The smallest absolute Gasteiger partial charge is 0.321 e. The Morgan fingerprint density at radius 2 is 1.69 bits per heavy atom. The Kier molecular flexibility index (Phi) is 7.26. The highest BCUT2D eigenvalue weighted by molar-refractivity contribution is 7.89. The third-order valence-electron chi connectivity index (χ3n) is 4.66. The second-order valence-corrected chi connectivity index (χ2v) is 9.22. The van der Waals surface area contributed by atoms with Crippen molar-refractivity contribution in [3.63, 3.8) is 0 Å². The molecule has 2 rings (SSSR count). The number of carbonyl (C=O) groups excluding carboxylic acids is 1. The number of sulfonamides is 1. The first-order valence-electron chi connectivity index (χ1n) is 9.34. The van der Waals surface area contributed by atoms with E-state index in [-0.39, 0.29) is 10.9 Å². The first-order valence-corrected chi connectivity index (χ1v) is 10.8. The Hall–Kier alpha value is -2.58. The molecule has 7 nitrogen and oxygen atoms in total. The molecule has 0 saturated carbocycles. The van der Waals surface area contributed by atoms with Crippen LogP contribution in [-0.4, -0.2) is 51.4 Å². The van der Waals surface area contributed by atoms with Crippen LogP contribution in [0.4, 0.5) is 10.5 Å². The van der Waals surface area contributed by atoms with Crippen LogP contribution in [0.15, 0.2) is 41.3 Å². The molecule has 0 heterocycles. The molecular formula is C21H29N3O4S. The minimum Gasteiger partial charge on any atom is -0.494 e. The van der Waals surface area contributed by atoms with Gasteiger partial charge in [0.1, 0.15) is 5.75 Å². The summed E-state index contributed by atoms with van der Waals surface area (Å²) in [4.78, 5) is 14.4.